The fourth-order valence-corrected chi connectivity index (χ4v) is 1.36. The molecule has 2 aromatic heterocycles. The molecule has 94 valence electrons. The molecule has 0 spiro atoms. The molecular weight excluding hydrogens is 234 g/mol. The van der Waals surface area contributed by atoms with Gasteiger partial charge in [0.2, 0.25) is 0 Å². The topological polar surface area (TPSA) is 95.9 Å². The minimum atomic E-state index is -0.582. The van der Waals surface area contributed by atoms with Gasteiger partial charge in [0.05, 0.1) is 7.11 Å². The highest BCUT2D eigenvalue weighted by Crippen LogP contribution is 2.10. The minimum Gasteiger partial charge on any atom is -0.463 e. The lowest BCUT2D eigenvalue weighted by molar-refractivity contribution is 0.0587. The van der Waals surface area contributed by atoms with E-state index < -0.39 is 5.97 Å². The molecule has 0 amide bonds. The summed E-state index contributed by atoms with van der Waals surface area (Å²) in [6.45, 7) is 1.88. The number of carbonyl (C=O) groups excluding carboxylic acids is 1. The molecule has 0 fully saturated rings. The third kappa shape index (κ3) is 2.35. The average molecular weight is 247 g/mol. The lowest BCUT2D eigenvalue weighted by Crippen LogP contribution is -2.07. The normalized spacial score (nSPS) is 12.2. The van der Waals surface area contributed by atoms with Gasteiger partial charge in [-0.15, -0.1) is 5.10 Å². The third-order valence-corrected chi connectivity index (χ3v) is 2.39. The average Bonchev–Trinajstić information content (AvgIpc) is 2.87. The summed E-state index contributed by atoms with van der Waals surface area (Å²) < 4.78 is 5.92. The quantitative estimate of drug-likeness (QED) is 0.792. The van der Waals surface area contributed by atoms with Gasteiger partial charge in [0.25, 0.3) is 5.82 Å². The van der Waals surface area contributed by atoms with E-state index in [1.165, 1.54) is 18.1 Å². The monoisotopic (exact) mass is 247 g/mol. The Bertz CT molecular complexity index is 547. The SMILES string of the molecule is COC(=O)c1ncn(-c2ccc([C@H](C)N)cn2)n1. The predicted molar refractivity (Wildman–Crippen MR) is 63.1 cm³/mol. The maximum Gasteiger partial charge on any atom is 0.377 e. The molecule has 0 aromatic carbocycles. The summed E-state index contributed by atoms with van der Waals surface area (Å²) in [5.41, 5.74) is 6.65. The molecule has 18 heavy (non-hydrogen) atoms. The number of pyridine rings is 1. The van der Waals surface area contributed by atoms with Crippen LogP contribution in [-0.4, -0.2) is 32.8 Å². The van der Waals surface area contributed by atoms with E-state index in [9.17, 15) is 4.79 Å². The van der Waals surface area contributed by atoms with E-state index in [0.29, 0.717) is 5.82 Å². The molecule has 0 radical (unpaired) electrons. The van der Waals surface area contributed by atoms with Gasteiger partial charge >= 0.3 is 5.97 Å². The van der Waals surface area contributed by atoms with E-state index in [4.69, 9.17) is 5.73 Å². The molecule has 2 N–H and O–H groups in total. The Kier molecular flexibility index (Phi) is 3.33. The number of hydrogen-bond donors (Lipinski definition) is 1. The number of ether oxygens (including phenoxy) is 1. The van der Waals surface area contributed by atoms with E-state index in [2.05, 4.69) is 19.8 Å². The van der Waals surface area contributed by atoms with E-state index in [1.807, 2.05) is 13.0 Å². The van der Waals surface area contributed by atoms with Crippen LogP contribution in [0.5, 0.6) is 0 Å². The van der Waals surface area contributed by atoms with Gasteiger partial charge in [-0.05, 0) is 18.6 Å². The van der Waals surface area contributed by atoms with Crippen LogP contribution in [0.3, 0.4) is 0 Å². The molecule has 2 aromatic rings. The van der Waals surface area contributed by atoms with Crippen LogP contribution in [0.2, 0.25) is 0 Å². The molecular formula is C11H13N5O2. The smallest absolute Gasteiger partial charge is 0.377 e. The van der Waals surface area contributed by atoms with Gasteiger partial charge in [-0.3, -0.25) is 0 Å². The Morgan fingerprint density at radius 3 is 2.78 bits per heavy atom. The number of methoxy groups -OCH3 is 1. The maximum atomic E-state index is 11.2. The molecule has 0 aliphatic heterocycles. The van der Waals surface area contributed by atoms with E-state index in [-0.39, 0.29) is 11.9 Å². The summed E-state index contributed by atoms with van der Waals surface area (Å²) in [6, 6.07) is 3.54. The van der Waals surface area contributed by atoms with E-state index in [1.54, 1.807) is 12.3 Å². The van der Waals surface area contributed by atoms with Crippen molar-refractivity contribution in [2.75, 3.05) is 7.11 Å². The fourth-order valence-electron chi connectivity index (χ4n) is 1.36. The van der Waals surface area contributed by atoms with E-state index in [0.717, 1.165) is 5.56 Å². The maximum absolute atomic E-state index is 11.2. The highest BCUT2D eigenvalue weighted by molar-refractivity contribution is 5.84. The molecule has 7 heteroatoms. The van der Waals surface area contributed by atoms with Gasteiger partial charge in [0, 0.05) is 12.2 Å². The Morgan fingerprint density at radius 1 is 1.44 bits per heavy atom. The number of aromatic nitrogens is 4. The first kappa shape index (κ1) is 12.2. The number of nitrogens with zero attached hydrogens (tertiary/aromatic N) is 4. The van der Waals surface area contributed by atoms with Crippen molar-refractivity contribution in [2.24, 2.45) is 5.73 Å². The van der Waals surface area contributed by atoms with Crippen LogP contribution in [0, 0.1) is 0 Å². The Morgan fingerprint density at radius 2 is 2.22 bits per heavy atom. The Labute approximate surface area is 104 Å². The van der Waals surface area contributed by atoms with Crippen molar-refractivity contribution >= 4 is 5.97 Å². The zero-order chi connectivity index (χ0) is 13.1. The second kappa shape index (κ2) is 4.92. The van der Waals surface area contributed by atoms with Crippen LogP contribution in [0.1, 0.15) is 29.1 Å². The molecule has 0 unspecified atom stereocenters. The zero-order valence-electron chi connectivity index (χ0n) is 10.1. The van der Waals surface area contributed by atoms with Crippen molar-refractivity contribution in [3.05, 3.63) is 36.0 Å². The summed E-state index contributed by atoms with van der Waals surface area (Å²) in [5.74, 6) is -0.0291. The van der Waals surface area contributed by atoms with Crippen molar-refractivity contribution < 1.29 is 9.53 Å². The van der Waals surface area contributed by atoms with Crippen LogP contribution in [0.4, 0.5) is 0 Å². The molecule has 0 saturated heterocycles. The summed E-state index contributed by atoms with van der Waals surface area (Å²) in [7, 11) is 1.28. The van der Waals surface area contributed by atoms with Crippen LogP contribution in [-0.2, 0) is 4.74 Å². The van der Waals surface area contributed by atoms with Gasteiger partial charge in [-0.2, -0.15) is 0 Å². The lowest BCUT2D eigenvalue weighted by atomic mass is 10.2. The molecule has 0 aliphatic rings. The Hall–Kier alpha value is -2.28. The van der Waals surface area contributed by atoms with Crippen molar-refractivity contribution in [1.29, 1.82) is 0 Å². The van der Waals surface area contributed by atoms with Gasteiger partial charge in [0.1, 0.15) is 6.33 Å². The number of esters is 1. The lowest BCUT2D eigenvalue weighted by Gasteiger charge is -2.05. The van der Waals surface area contributed by atoms with Crippen molar-refractivity contribution in [3.63, 3.8) is 0 Å². The summed E-state index contributed by atoms with van der Waals surface area (Å²) in [5, 5.41) is 3.96. The number of hydrogen-bond acceptors (Lipinski definition) is 6. The zero-order valence-corrected chi connectivity index (χ0v) is 10.1. The van der Waals surface area contributed by atoms with Crippen molar-refractivity contribution in [2.45, 2.75) is 13.0 Å². The van der Waals surface area contributed by atoms with Crippen molar-refractivity contribution in [1.82, 2.24) is 19.7 Å². The van der Waals surface area contributed by atoms with Gasteiger partial charge in [-0.25, -0.2) is 19.4 Å². The molecule has 0 bridgehead atoms. The van der Waals surface area contributed by atoms with Crippen LogP contribution >= 0.6 is 0 Å². The van der Waals surface area contributed by atoms with Crippen LogP contribution in [0.15, 0.2) is 24.7 Å². The molecule has 7 nitrogen and oxygen atoms in total. The Balaban J connectivity index is 2.26. The number of carbonyl (C=O) groups is 1. The van der Waals surface area contributed by atoms with E-state index >= 15 is 0 Å². The first-order valence-electron chi connectivity index (χ1n) is 5.33. The summed E-state index contributed by atoms with van der Waals surface area (Å²) >= 11 is 0. The standard InChI is InChI=1S/C11H13N5O2/c1-7(12)8-3-4-9(13-5-8)16-6-14-10(15-16)11(17)18-2/h3-7H,12H2,1-2H3/t7-/m0/s1. The highest BCUT2D eigenvalue weighted by atomic mass is 16.5. The fraction of sp³-hybridized carbons (Fsp3) is 0.273. The second-order valence-corrected chi connectivity index (χ2v) is 3.74. The number of rotatable bonds is 3. The first-order valence-corrected chi connectivity index (χ1v) is 5.33. The molecule has 1 atom stereocenters. The van der Waals surface area contributed by atoms with Crippen molar-refractivity contribution in [3.8, 4) is 5.82 Å². The second-order valence-electron chi connectivity index (χ2n) is 3.74. The summed E-state index contributed by atoms with van der Waals surface area (Å²) in [4.78, 5) is 19.2. The number of nitrogens with two attached hydrogens (primary N) is 1. The minimum absolute atomic E-state index is 0.00410. The predicted octanol–water partition coefficient (Wildman–Crippen LogP) is 0.469. The van der Waals surface area contributed by atoms with Gasteiger partial charge in [0.15, 0.2) is 5.82 Å². The summed E-state index contributed by atoms with van der Waals surface area (Å²) in [6.07, 6.45) is 3.07. The van der Waals surface area contributed by atoms with Crippen LogP contribution < -0.4 is 5.73 Å². The first-order chi connectivity index (χ1) is 8.61. The largest absolute Gasteiger partial charge is 0.463 e. The van der Waals surface area contributed by atoms with Crippen LogP contribution in [0.25, 0.3) is 5.82 Å². The molecule has 0 saturated carbocycles. The van der Waals surface area contributed by atoms with Gasteiger partial charge in [-0.1, -0.05) is 6.07 Å². The molecule has 2 heterocycles. The highest BCUT2D eigenvalue weighted by Gasteiger charge is 2.12. The third-order valence-electron chi connectivity index (χ3n) is 2.39. The molecule has 0 aliphatic carbocycles. The van der Waals surface area contributed by atoms with Gasteiger partial charge < -0.3 is 10.5 Å². The molecule has 2 rings (SSSR count).